The maximum Gasteiger partial charge on any atom is 0.417 e. The Bertz CT molecular complexity index is 3590. The summed E-state index contributed by atoms with van der Waals surface area (Å²) in [4.78, 5) is 8.09. The number of rotatable bonds is 5. The summed E-state index contributed by atoms with van der Waals surface area (Å²) in [6.07, 6.45) is -11.7. The van der Waals surface area contributed by atoms with Gasteiger partial charge in [-0.05, 0) is 107 Å². The molecule has 0 aliphatic rings. The second-order valence-electron chi connectivity index (χ2n) is 15.7. The molecule has 0 bridgehead atoms. The molecule has 320 valence electrons. The van der Waals surface area contributed by atoms with E-state index in [2.05, 4.69) is 9.83 Å². The van der Waals surface area contributed by atoms with Crippen LogP contribution in [-0.2, 0) is 18.5 Å². The zero-order chi connectivity index (χ0) is 45.6. The van der Waals surface area contributed by atoms with E-state index < -0.39 is 40.8 Å². The summed E-state index contributed by atoms with van der Waals surface area (Å²) in [7, 11) is 0. The van der Waals surface area contributed by atoms with Gasteiger partial charge in [-0.2, -0.15) is 39.5 Å². The van der Waals surface area contributed by atoms with Crippen molar-refractivity contribution in [1.29, 1.82) is 0 Å². The molecule has 0 radical (unpaired) electrons. The lowest BCUT2D eigenvalue weighted by Crippen LogP contribution is -2.12. The van der Waals surface area contributed by atoms with Crippen LogP contribution in [0.4, 0.5) is 45.2 Å². The number of hydrogen-bond acceptors (Lipinski definition) is 1. The Hall–Kier alpha value is -7.85. The summed E-state index contributed by atoms with van der Waals surface area (Å²) in [6.45, 7) is 9.99. The fourth-order valence-electron chi connectivity index (χ4n) is 8.93. The fraction of sp³-hybridized carbons (Fsp3) is 0.0769. The summed E-state index contributed by atoms with van der Waals surface area (Å²) in [5.74, 6) is 0. The maximum atomic E-state index is 14.6. The van der Waals surface area contributed by atoms with Crippen molar-refractivity contribution in [1.82, 2.24) is 14.1 Å². The van der Waals surface area contributed by atoms with Gasteiger partial charge in [0.1, 0.15) is 0 Å². The van der Waals surface area contributed by atoms with Gasteiger partial charge in [0.2, 0.25) is 0 Å². The molecule has 0 saturated carbocycles. The van der Waals surface area contributed by atoms with Crippen LogP contribution in [0.2, 0.25) is 0 Å². The molecule has 65 heavy (non-hydrogen) atoms. The molecule has 0 spiro atoms. The van der Waals surface area contributed by atoms with E-state index in [9.17, 15) is 39.5 Å². The van der Waals surface area contributed by atoms with Gasteiger partial charge in [0, 0.05) is 33.9 Å². The van der Waals surface area contributed by atoms with Crippen LogP contribution in [-0.4, -0.2) is 14.1 Å². The van der Waals surface area contributed by atoms with Gasteiger partial charge in [0.25, 0.3) is 0 Å². The number of alkyl halides is 9. The summed E-state index contributed by atoms with van der Waals surface area (Å²) in [5, 5.41) is 2.77. The SMILES string of the molecule is [C-]#[N+]c1cc(-n2c3ccccc3c3ccc(-c4ccc(C)cc4C(F)(F)F)cc32)c(-n2c3ccccc3c3ccc(-c4ccc(C(F)(F)F)cc4C(F)(F)F)cc32)cc1-c1ccncc1. The second kappa shape index (κ2) is 14.9. The quantitative estimate of drug-likeness (QED) is 0.125. The van der Waals surface area contributed by atoms with E-state index in [0.717, 1.165) is 17.5 Å². The molecular weight excluding hydrogens is 852 g/mol. The first-order chi connectivity index (χ1) is 31.0. The Labute approximate surface area is 363 Å². The van der Waals surface area contributed by atoms with Gasteiger partial charge in [0.05, 0.1) is 56.7 Å². The van der Waals surface area contributed by atoms with Gasteiger partial charge in [-0.1, -0.05) is 84.4 Å². The Morgan fingerprint density at radius 3 is 1.46 bits per heavy atom. The standard InChI is InChI=1S/C52H29F9N4/c1-29-11-15-34(41(23-29)51(56,57)58)31-12-16-39-37-8-4-6-10-45(37)65(47(39)24-31)49-28-43(62-2)40(30-19-21-63-22-20-30)27-48(49)64-44-9-5-3-7-36(44)38-17-13-32(25-46(38)64)35-18-14-33(50(53,54)55)26-42(35)52(59,60)61/h3-28H,1H3. The average molecular weight is 881 g/mol. The third-order valence-electron chi connectivity index (χ3n) is 11.8. The molecule has 4 nitrogen and oxygen atoms in total. The van der Waals surface area contributed by atoms with Crippen LogP contribution in [0.1, 0.15) is 22.3 Å². The van der Waals surface area contributed by atoms with Crippen LogP contribution in [0.25, 0.3) is 93.2 Å². The number of halogens is 9. The number of fused-ring (bicyclic) bond motifs is 6. The van der Waals surface area contributed by atoms with Crippen molar-refractivity contribution >= 4 is 49.3 Å². The summed E-state index contributed by atoms with van der Waals surface area (Å²) in [5.41, 5.74) is 0.856. The Morgan fingerprint density at radius 2 is 0.938 bits per heavy atom. The van der Waals surface area contributed by atoms with Crippen LogP contribution in [0.15, 0.2) is 158 Å². The lowest BCUT2D eigenvalue weighted by Gasteiger charge is -2.20. The van der Waals surface area contributed by atoms with E-state index in [0.29, 0.717) is 72.4 Å². The van der Waals surface area contributed by atoms with Gasteiger partial charge in [-0.25, -0.2) is 4.85 Å². The fourth-order valence-corrected chi connectivity index (χ4v) is 8.93. The van der Waals surface area contributed by atoms with E-state index in [1.54, 1.807) is 86.0 Å². The minimum Gasteiger partial charge on any atom is -0.308 e. The molecule has 10 aromatic rings. The number of para-hydroxylation sites is 2. The highest BCUT2D eigenvalue weighted by Gasteiger charge is 2.39. The minimum atomic E-state index is -5.14. The molecule has 3 heterocycles. The molecule has 3 aromatic heterocycles. The third kappa shape index (κ3) is 6.93. The largest absolute Gasteiger partial charge is 0.417 e. The van der Waals surface area contributed by atoms with Crippen LogP contribution < -0.4 is 0 Å². The lowest BCUT2D eigenvalue weighted by atomic mass is 9.96. The van der Waals surface area contributed by atoms with Crippen molar-refractivity contribution in [3.63, 3.8) is 0 Å². The smallest absolute Gasteiger partial charge is 0.308 e. The van der Waals surface area contributed by atoms with E-state index in [-0.39, 0.29) is 28.4 Å². The number of hydrogen-bond donors (Lipinski definition) is 0. The number of aromatic nitrogens is 3. The molecule has 13 heteroatoms. The van der Waals surface area contributed by atoms with Crippen molar-refractivity contribution in [3.05, 3.63) is 192 Å². The highest BCUT2D eigenvalue weighted by molar-refractivity contribution is 6.13. The van der Waals surface area contributed by atoms with E-state index in [1.807, 2.05) is 45.5 Å². The molecule has 10 rings (SSSR count). The molecule has 0 aliphatic carbocycles. The monoisotopic (exact) mass is 880 g/mol. The van der Waals surface area contributed by atoms with E-state index >= 15 is 0 Å². The Morgan fingerprint density at radius 1 is 0.446 bits per heavy atom. The van der Waals surface area contributed by atoms with Crippen LogP contribution in [0.5, 0.6) is 0 Å². The van der Waals surface area contributed by atoms with Crippen molar-refractivity contribution in [3.8, 4) is 44.8 Å². The van der Waals surface area contributed by atoms with Gasteiger partial charge in [-0.3, -0.25) is 4.98 Å². The molecule has 7 aromatic carbocycles. The van der Waals surface area contributed by atoms with Crippen molar-refractivity contribution in [2.75, 3.05) is 0 Å². The third-order valence-corrected chi connectivity index (χ3v) is 11.8. The van der Waals surface area contributed by atoms with Gasteiger partial charge < -0.3 is 9.13 Å². The van der Waals surface area contributed by atoms with Crippen LogP contribution in [0.3, 0.4) is 0 Å². The number of pyridine rings is 1. The molecule has 0 N–H and O–H groups in total. The zero-order valence-electron chi connectivity index (χ0n) is 33.7. The van der Waals surface area contributed by atoms with E-state index in [4.69, 9.17) is 6.57 Å². The Kier molecular flexibility index (Phi) is 9.42. The molecular formula is C52H29F9N4. The topological polar surface area (TPSA) is 27.1 Å². The zero-order valence-corrected chi connectivity index (χ0v) is 33.7. The highest BCUT2D eigenvalue weighted by atomic mass is 19.4. The molecule has 0 atom stereocenters. The highest BCUT2D eigenvalue weighted by Crippen LogP contribution is 2.47. The van der Waals surface area contributed by atoms with E-state index in [1.165, 1.54) is 18.2 Å². The number of benzene rings is 7. The predicted molar refractivity (Wildman–Crippen MR) is 235 cm³/mol. The maximum absolute atomic E-state index is 14.6. The number of nitrogens with zero attached hydrogens (tertiary/aromatic N) is 4. The first-order valence-corrected chi connectivity index (χ1v) is 20.0. The summed E-state index contributed by atoms with van der Waals surface area (Å²) in [6, 6.07) is 37.0. The second-order valence-corrected chi connectivity index (χ2v) is 15.7. The molecule has 0 fully saturated rings. The van der Waals surface area contributed by atoms with Crippen molar-refractivity contribution < 1.29 is 39.5 Å². The molecule has 0 saturated heterocycles. The predicted octanol–water partition coefficient (Wildman–Crippen LogP) is 16.2. The summed E-state index contributed by atoms with van der Waals surface area (Å²) >= 11 is 0. The number of aryl methyl sites for hydroxylation is 1. The lowest BCUT2D eigenvalue weighted by molar-refractivity contribution is -0.143. The van der Waals surface area contributed by atoms with Crippen LogP contribution >= 0.6 is 0 Å². The summed E-state index contributed by atoms with van der Waals surface area (Å²) < 4.78 is 133. The van der Waals surface area contributed by atoms with Gasteiger partial charge >= 0.3 is 18.5 Å². The first-order valence-electron chi connectivity index (χ1n) is 20.0. The van der Waals surface area contributed by atoms with Gasteiger partial charge in [-0.15, -0.1) is 0 Å². The first kappa shape index (κ1) is 41.2. The molecule has 0 amide bonds. The van der Waals surface area contributed by atoms with Gasteiger partial charge in [0.15, 0.2) is 5.69 Å². The minimum absolute atomic E-state index is 0.00337. The Balaban J connectivity index is 1.33. The normalized spacial score (nSPS) is 12.4. The average Bonchev–Trinajstić information content (AvgIpc) is 3.79. The molecule has 0 aliphatic heterocycles. The van der Waals surface area contributed by atoms with Crippen molar-refractivity contribution in [2.24, 2.45) is 0 Å². The van der Waals surface area contributed by atoms with Crippen molar-refractivity contribution in [2.45, 2.75) is 25.5 Å². The molecule has 0 unspecified atom stereocenters. The van der Waals surface area contributed by atoms with Crippen LogP contribution in [0, 0.1) is 13.5 Å².